The summed E-state index contributed by atoms with van der Waals surface area (Å²) in [5, 5.41) is 12.3. The predicted molar refractivity (Wildman–Crippen MR) is 133 cm³/mol. The van der Waals surface area contributed by atoms with Crippen molar-refractivity contribution in [3.8, 4) is 11.1 Å². The number of carboxylic acid groups (broad SMARTS) is 1. The topological polar surface area (TPSA) is 95.9 Å². The summed E-state index contributed by atoms with van der Waals surface area (Å²) in [6.07, 6.45) is 2.12. The van der Waals surface area contributed by atoms with Gasteiger partial charge < -0.3 is 20.1 Å². The third kappa shape index (κ3) is 5.19. The van der Waals surface area contributed by atoms with Crippen LogP contribution in [-0.4, -0.2) is 53.2 Å². The Balaban J connectivity index is 1.37. The molecular formula is C28H34N2O5. The van der Waals surface area contributed by atoms with Gasteiger partial charge in [0, 0.05) is 31.0 Å². The van der Waals surface area contributed by atoms with Gasteiger partial charge in [0.1, 0.15) is 6.61 Å². The number of benzene rings is 2. The van der Waals surface area contributed by atoms with Gasteiger partial charge in [0.15, 0.2) is 0 Å². The molecule has 2 aromatic carbocycles. The van der Waals surface area contributed by atoms with Gasteiger partial charge in [0.2, 0.25) is 5.91 Å². The molecule has 0 saturated carbocycles. The van der Waals surface area contributed by atoms with E-state index in [0.717, 1.165) is 17.5 Å². The molecule has 186 valence electrons. The van der Waals surface area contributed by atoms with Crippen LogP contribution in [0.4, 0.5) is 4.79 Å². The lowest BCUT2D eigenvalue weighted by Crippen LogP contribution is -2.44. The third-order valence-electron chi connectivity index (χ3n) is 7.33. The molecule has 1 saturated heterocycles. The number of fused-ring (bicyclic) bond motifs is 3. The first kappa shape index (κ1) is 24.8. The number of hydrogen-bond acceptors (Lipinski definition) is 4. The highest BCUT2D eigenvalue weighted by atomic mass is 16.5. The normalized spacial score (nSPS) is 19.7. The highest BCUT2D eigenvalue weighted by molar-refractivity contribution is 5.81. The van der Waals surface area contributed by atoms with Crippen molar-refractivity contribution in [3.05, 3.63) is 59.7 Å². The van der Waals surface area contributed by atoms with Crippen LogP contribution in [0.3, 0.4) is 0 Å². The first-order valence-corrected chi connectivity index (χ1v) is 12.6. The highest BCUT2D eigenvalue weighted by Crippen LogP contribution is 2.44. The van der Waals surface area contributed by atoms with Gasteiger partial charge in [0.25, 0.3) is 0 Å². The van der Waals surface area contributed by atoms with E-state index in [4.69, 9.17) is 4.74 Å². The number of rotatable bonds is 9. The van der Waals surface area contributed by atoms with Crippen molar-refractivity contribution in [2.45, 2.75) is 64.0 Å². The number of carbonyl (C=O) groups excluding carboxylic acids is 2. The lowest BCUT2D eigenvalue weighted by molar-refractivity contribution is -0.143. The lowest BCUT2D eigenvalue weighted by atomic mass is 9.98. The molecule has 0 spiro atoms. The molecular weight excluding hydrogens is 444 g/mol. The number of ether oxygens (including phenoxy) is 1. The van der Waals surface area contributed by atoms with Crippen molar-refractivity contribution in [2.75, 3.05) is 13.2 Å². The number of nitrogens with one attached hydrogen (secondary N) is 1. The van der Waals surface area contributed by atoms with E-state index in [9.17, 15) is 19.5 Å². The van der Waals surface area contributed by atoms with Gasteiger partial charge in [-0.15, -0.1) is 0 Å². The van der Waals surface area contributed by atoms with Crippen LogP contribution in [0.5, 0.6) is 0 Å². The second-order valence-corrected chi connectivity index (χ2v) is 9.46. The van der Waals surface area contributed by atoms with Crippen LogP contribution in [0, 0.1) is 5.92 Å². The standard InChI is InChI=1S/C28H34N2O5/c1-3-9-18(16-26(31)30-15-14-23(27(32)33)25(30)4-2)29-28(34)35-17-24-21-12-7-5-10-19(21)20-11-6-8-13-22(20)24/h5-8,10-13,18,23-25H,3-4,9,14-17H2,1-2H3,(H,29,34)(H,32,33). The average Bonchev–Trinajstić information content (AvgIpc) is 3.42. The molecule has 1 aliphatic carbocycles. The third-order valence-corrected chi connectivity index (χ3v) is 7.33. The van der Waals surface area contributed by atoms with Gasteiger partial charge >= 0.3 is 12.1 Å². The molecule has 0 radical (unpaired) electrons. The van der Waals surface area contributed by atoms with Gasteiger partial charge in [-0.3, -0.25) is 9.59 Å². The van der Waals surface area contributed by atoms with Crippen molar-refractivity contribution in [1.82, 2.24) is 10.2 Å². The first-order valence-electron chi connectivity index (χ1n) is 12.6. The second-order valence-electron chi connectivity index (χ2n) is 9.46. The quantitative estimate of drug-likeness (QED) is 0.540. The summed E-state index contributed by atoms with van der Waals surface area (Å²) >= 11 is 0. The molecule has 35 heavy (non-hydrogen) atoms. The van der Waals surface area contributed by atoms with E-state index in [1.807, 2.05) is 38.1 Å². The summed E-state index contributed by atoms with van der Waals surface area (Å²) in [7, 11) is 0. The summed E-state index contributed by atoms with van der Waals surface area (Å²) in [5.74, 6) is -1.52. The highest BCUT2D eigenvalue weighted by Gasteiger charge is 2.40. The van der Waals surface area contributed by atoms with Crippen LogP contribution in [0.2, 0.25) is 0 Å². The molecule has 7 nitrogen and oxygen atoms in total. The van der Waals surface area contributed by atoms with Gasteiger partial charge in [-0.25, -0.2) is 4.79 Å². The molecule has 3 atom stereocenters. The van der Waals surface area contributed by atoms with Crippen LogP contribution in [0.1, 0.15) is 63.0 Å². The number of carbonyl (C=O) groups is 3. The molecule has 4 rings (SSSR count). The molecule has 2 N–H and O–H groups in total. The summed E-state index contributed by atoms with van der Waals surface area (Å²) in [6.45, 7) is 4.57. The van der Waals surface area contributed by atoms with Crippen LogP contribution in [-0.2, 0) is 14.3 Å². The fourth-order valence-electron chi connectivity index (χ4n) is 5.66. The first-order chi connectivity index (χ1) is 16.9. The SMILES string of the molecule is CCCC(CC(=O)N1CCC(C(=O)O)C1CC)NC(=O)OCC1c2ccccc2-c2ccccc21. The summed E-state index contributed by atoms with van der Waals surface area (Å²) in [4.78, 5) is 39.0. The van der Waals surface area contributed by atoms with E-state index >= 15 is 0 Å². The Bertz CT molecular complexity index is 1040. The number of likely N-dealkylation sites (tertiary alicyclic amines) is 1. The number of alkyl carbamates (subject to hydrolysis) is 1. The average molecular weight is 479 g/mol. The monoisotopic (exact) mass is 478 g/mol. The Morgan fingerprint density at radius 2 is 1.69 bits per heavy atom. The van der Waals surface area contributed by atoms with Crippen molar-refractivity contribution in [1.29, 1.82) is 0 Å². The summed E-state index contributed by atoms with van der Waals surface area (Å²) in [6, 6.07) is 15.7. The zero-order valence-electron chi connectivity index (χ0n) is 20.4. The molecule has 7 heteroatoms. The number of aliphatic carboxylic acids is 1. The van der Waals surface area contributed by atoms with Crippen molar-refractivity contribution < 1.29 is 24.2 Å². The molecule has 1 aliphatic heterocycles. The maximum Gasteiger partial charge on any atom is 0.407 e. The number of nitrogens with zero attached hydrogens (tertiary/aromatic N) is 1. The smallest absolute Gasteiger partial charge is 0.407 e. The van der Waals surface area contributed by atoms with E-state index in [0.29, 0.717) is 25.8 Å². The van der Waals surface area contributed by atoms with Crippen molar-refractivity contribution in [3.63, 3.8) is 0 Å². The fourth-order valence-corrected chi connectivity index (χ4v) is 5.66. The molecule has 2 amide bonds. The van der Waals surface area contributed by atoms with Gasteiger partial charge in [0.05, 0.1) is 5.92 Å². The van der Waals surface area contributed by atoms with Gasteiger partial charge in [-0.1, -0.05) is 68.8 Å². The van der Waals surface area contributed by atoms with Crippen molar-refractivity contribution in [2.24, 2.45) is 5.92 Å². The fraction of sp³-hybridized carbons (Fsp3) is 0.464. The number of amides is 2. The van der Waals surface area contributed by atoms with Crippen LogP contribution >= 0.6 is 0 Å². The molecule has 1 heterocycles. The molecule has 2 aromatic rings. The molecule has 1 fully saturated rings. The summed E-state index contributed by atoms with van der Waals surface area (Å²) in [5.41, 5.74) is 4.63. The number of carboxylic acids is 1. The minimum atomic E-state index is -0.853. The molecule has 0 aromatic heterocycles. The predicted octanol–water partition coefficient (Wildman–Crippen LogP) is 4.80. The van der Waals surface area contributed by atoms with Crippen LogP contribution in [0.15, 0.2) is 48.5 Å². The van der Waals surface area contributed by atoms with E-state index in [1.165, 1.54) is 11.1 Å². The maximum absolute atomic E-state index is 13.0. The van der Waals surface area contributed by atoms with E-state index < -0.39 is 18.0 Å². The molecule has 0 bridgehead atoms. The minimum absolute atomic E-state index is 0.0257. The zero-order chi connectivity index (χ0) is 24.9. The molecule has 3 unspecified atom stereocenters. The second kappa shape index (κ2) is 10.9. The van der Waals surface area contributed by atoms with Gasteiger partial charge in [-0.2, -0.15) is 0 Å². The van der Waals surface area contributed by atoms with Crippen molar-refractivity contribution >= 4 is 18.0 Å². The zero-order valence-corrected chi connectivity index (χ0v) is 20.4. The Labute approximate surface area is 206 Å². The summed E-state index contributed by atoms with van der Waals surface area (Å²) < 4.78 is 5.66. The maximum atomic E-state index is 13.0. The van der Waals surface area contributed by atoms with E-state index in [1.54, 1.807) is 4.90 Å². The van der Waals surface area contributed by atoms with Gasteiger partial charge in [-0.05, 0) is 41.5 Å². The lowest BCUT2D eigenvalue weighted by Gasteiger charge is -2.28. The Kier molecular flexibility index (Phi) is 7.73. The Morgan fingerprint density at radius 1 is 1.06 bits per heavy atom. The Morgan fingerprint density at radius 3 is 2.26 bits per heavy atom. The largest absolute Gasteiger partial charge is 0.481 e. The van der Waals surface area contributed by atoms with Crippen LogP contribution in [0.25, 0.3) is 11.1 Å². The Hall–Kier alpha value is -3.35. The van der Waals surface area contributed by atoms with E-state index in [-0.39, 0.29) is 36.9 Å². The minimum Gasteiger partial charge on any atom is -0.481 e. The van der Waals surface area contributed by atoms with Crippen LogP contribution < -0.4 is 5.32 Å². The number of hydrogen-bond donors (Lipinski definition) is 2. The van der Waals surface area contributed by atoms with E-state index in [2.05, 4.69) is 29.6 Å². The molecule has 2 aliphatic rings.